The van der Waals surface area contributed by atoms with Crippen LogP contribution in [0.15, 0.2) is 0 Å². The van der Waals surface area contributed by atoms with Gasteiger partial charge in [0.05, 0.1) is 0 Å². The predicted octanol–water partition coefficient (Wildman–Crippen LogP) is 2.46. The van der Waals surface area contributed by atoms with Crippen molar-refractivity contribution in [3.8, 4) is 0 Å². The standard InChI is InChI=1S/2C3H7.V/c2*1-3-2;/h3H,1-2H3;1,3H2,2H3;/q2*-1;+2. The summed E-state index contributed by atoms with van der Waals surface area (Å²) < 4.78 is 0. The summed E-state index contributed by atoms with van der Waals surface area (Å²) in [5.41, 5.74) is 0. The molecule has 0 unspecified atom stereocenters. The SMILES string of the molecule is C[CH-]C.[CH2-]CC.[V+2]. The van der Waals surface area contributed by atoms with Gasteiger partial charge in [-0.3, -0.25) is 0 Å². The zero-order chi connectivity index (χ0) is 5.41. The molecule has 0 saturated heterocycles. The molecule has 0 aromatic rings. The van der Waals surface area contributed by atoms with Gasteiger partial charge in [-0.2, -0.15) is 20.3 Å². The van der Waals surface area contributed by atoms with Gasteiger partial charge in [-0.15, -0.1) is 0 Å². The second-order valence-electron chi connectivity index (χ2n) is 1.08. The van der Waals surface area contributed by atoms with E-state index in [4.69, 9.17) is 0 Å². The number of rotatable bonds is 0. The Kier molecular flexibility index (Phi) is 68.7. The Bertz CT molecular complexity index is 6.14. The maximum atomic E-state index is 3.49. The Labute approximate surface area is 59.6 Å². The summed E-state index contributed by atoms with van der Waals surface area (Å²) in [7, 11) is 0. The fraction of sp³-hybridized carbons (Fsp3) is 0.667. The summed E-state index contributed by atoms with van der Waals surface area (Å²) in [6.07, 6.45) is 3.00. The Hall–Kier alpha value is 0.584. The Morgan fingerprint density at radius 3 is 1.43 bits per heavy atom. The molecule has 0 bridgehead atoms. The van der Waals surface area contributed by atoms with E-state index >= 15 is 0 Å². The molecule has 0 spiro atoms. The van der Waals surface area contributed by atoms with E-state index in [-0.39, 0.29) is 18.6 Å². The molecule has 0 atom stereocenters. The molecule has 0 amide bonds. The van der Waals surface area contributed by atoms with Crippen molar-refractivity contribution >= 4 is 0 Å². The van der Waals surface area contributed by atoms with Crippen LogP contribution in [0.3, 0.4) is 0 Å². The minimum Gasteiger partial charge on any atom is -0.344 e. The summed E-state index contributed by atoms with van der Waals surface area (Å²) in [4.78, 5) is 0. The Morgan fingerprint density at radius 1 is 1.43 bits per heavy atom. The molecule has 0 fully saturated rings. The molecule has 43 valence electrons. The molecule has 0 rings (SSSR count). The van der Waals surface area contributed by atoms with E-state index in [0.717, 1.165) is 6.42 Å². The Balaban J connectivity index is -0.0000000400. The van der Waals surface area contributed by atoms with E-state index < -0.39 is 0 Å². The van der Waals surface area contributed by atoms with Gasteiger partial charge < -0.3 is 13.3 Å². The molecule has 0 nitrogen and oxygen atoms in total. The van der Waals surface area contributed by atoms with Gasteiger partial charge in [-0.05, 0) is 0 Å². The fourth-order valence-corrected chi connectivity index (χ4v) is 0. The second-order valence-corrected chi connectivity index (χ2v) is 1.08. The molecule has 1 heteroatoms. The van der Waals surface area contributed by atoms with Crippen LogP contribution in [0.5, 0.6) is 0 Å². The van der Waals surface area contributed by atoms with Crippen LogP contribution in [-0.2, 0) is 18.6 Å². The maximum Gasteiger partial charge on any atom is 2.00 e. The largest absolute Gasteiger partial charge is 2.00 e. The smallest absolute Gasteiger partial charge is 0.344 e. The normalized spacial score (nSPS) is 5.14. The van der Waals surface area contributed by atoms with Crippen LogP contribution < -0.4 is 0 Å². The van der Waals surface area contributed by atoms with Crippen molar-refractivity contribution in [3.05, 3.63) is 13.3 Å². The average Bonchev–Trinajstić information content (AvgIpc) is 1.39. The molecular weight excluding hydrogens is 123 g/mol. The first kappa shape index (κ1) is 15.6. The molecule has 0 saturated carbocycles. The van der Waals surface area contributed by atoms with E-state index in [1.807, 2.05) is 27.2 Å². The topological polar surface area (TPSA) is 0 Å². The zero-order valence-electron chi connectivity index (χ0n) is 5.44. The predicted molar refractivity (Wildman–Crippen MR) is 31.3 cm³/mol. The number of hydrogen-bond acceptors (Lipinski definition) is 0. The van der Waals surface area contributed by atoms with E-state index in [1.54, 1.807) is 0 Å². The third-order valence-corrected chi connectivity index (χ3v) is 0. The maximum absolute atomic E-state index is 3.49. The van der Waals surface area contributed by atoms with Gasteiger partial charge in [0.25, 0.3) is 0 Å². The molecule has 0 aromatic carbocycles. The van der Waals surface area contributed by atoms with Crippen LogP contribution in [0.4, 0.5) is 0 Å². The molecule has 0 heterocycles. The summed E-state index contributed by atoms with van der Waals surface area (Å²) >= 11 is 0. The van der Waals surface area contributed by atoms with Gasteiger partial charge in [0.15, 0.2) is 0 Å². The van der Waals surface area contributed by atoms with Gasteiger partial charge in [0.1, 0.15) is 0 Å². The van der Waals surface area contributed by atoms with E-state index in [0.29, 0.717) is 0 Å². The van der Waals surface area contributed by atoms with Gasteiger partial charge in [-0.1, -0.05) is 6.92 Å². The van der Waals surface area contributed by atoms with Crippen LogP contribution in [0, 0.1) is 13.3 Å². The van der Waals surface area contributed by atoms with Crippen LogP contribution in [-0.4, -0.2) is 0 Å². The minimum atomic E-state index is 0. The van der Waals surface area contributed by atoms with Crippen molar-refractivity contribution in [2.75, 3.05) is 0 Å². The third-order valence-electron chi connectivity index (χ3n) is 0. The zero-order valence-corrected chi connectivity index (χ0v) is 6.84. The summed E-state index contributed by atoms with van der Waals surface area (Å²) in [6, 6.07) is 0. The second kappa shape index (κ2) is 30.7. The van der Waals surface area contributed by atoms with Crippen LogP contribution in [0.1, 0.15) is 27.2 Å². The summed E-state index contributed by atoms with van der Waals surface area (Å²) in [6.45, 7) is 9.50. The van der Waals surface area contributed by atoms with Gasteiger partial charge >= 0.3 is 18.6 Å². The third kappa shape index (κ3) is 405. The average molecular weight is 137 g/mol. The molecule has 0 N–H and O–H groups in total. The van der Waals surface area contributed by atoms with Crippen molar-refractivity contribution in [2.24, 2.45) is 0 Å². The minimum absolute atomic E-state index is 0. The first-order valence-electron chi connectivity index (χ1n) is 2.36. The van der Waals surface area contributed by atoms with Crippen molar-refractivity contribution < 1.29 is 18.6 Å². The summed E-state index contributed by atoms with van der Waals surface area (Å²) in [5, 5.41) is 0. The van der Waals surface area contributed by atoms with Crippen LogP contribution in [0.2, 0.25) is 0 Å². The van der Waals surface area contributed by atoms with Crippen LogP contribution >= 0.6 is 0 Å². The molecule has 0 aliphatic rings. The molecular formula is C6H14V. The quantitative estimate of drug-likeness (QED) is 0.450. The first-order chi connectivity index (χ1) is 2.83. The van der Waals surface area contributed by atoms with Gasteiger partial charge in [0, 0.05) is 0 Å². The Morgan fingerprint density at radius 2 is 1.43 bits per heavy atom. The molecule has 0 aliphatic carbocycles. The molecule has 0 aromatic heterocycles. The van der Waals surface area contributed by atoms with E-state index in [9.17, 15) is 0 Å². The summed E-state index contributed by atoms with van der Waals surface area (Å²) in [5.74, 6) is 0. The van der Waals surface area contributed by atoms with E-state index in [2.05, 4.69) is 6.92 Å². The molecule has 7 heavy (non-hydrogen) atoms. The van der Waals surface area contributed by atoms with Crippen molar-refractivity contribution in [1.82, 2.24) is 0 Å². The van der Waals surface area contributed by atoms with Crippen molar-refractivity contribution in [2.45, 2.75) is 27.2 Å². The van der Waals surface area contributed by atoms with Crippen LogP contribution in [0.25, 0.3) is 0 Å². The van der Waals surface area contributed by atoms with E-state index in [1.165, 1.54) is 0 Å². The van der Waals surface area contributed by atoms with Crippen molar-refractivity contribution in [1.29, 1.82) is 0 Å². The van der Waals surface area contributed by atoms with Gasteiger partial charge in [0.2, 0.25) is 0 Å². The fourth-order valence-electron chi connectivity index (χ4n) is 0. The van der Waals surface area contributed by atoms with Crippen molar-refractivity contribution in [3.63, 3.8) is 0 Å². The number of hydrogen-bond donors (Lipinski definition) is 0. The molecule has 1 radical (unpaired) electrons. The molecule has 0 aliphatic heterocycles. The first-order valence-corrected chi connectivity index (χ1v) is 2.36. The van der Waals surface area contributed by atoms with Gasteiger partial charge in [-0.25, -0.2) is 0 Å². The monoisotopic (exact) mass is 137 g/mol.